The number of fused-ring (bicyclic) bond motifs is 4. The van der Waals surface area contributed by atoms with Crippen LogP contribution in [0.5, 0.6) is 11.5 Å². The van der Waals surface area contributed by atoms with Crippen LogP contribution in [0, 0.1) is 0 Å². The summed E-state index contributed by atoms with van der Waals surface area (Å²) in [5.74, 6) is 1.27. The van der Waals surface area contributed by atoms with Gasteiger partial charge in [-0.2, -0.15) is 0 Å². The van der Waals surface area contributed by atoms with E-state index in [1.54, 1.807) is 41.2 Å². The molecule has 0 saturated heterocycles. The van der Waals surface area contributed by atoms with Gasteiger partial charge in [0.2, 0.25) is 12.7 Å². The summed E-state index contributed by atoms with van der Waals surface area (Å²) in [6.45, 7) is 0.191. The first-order valence-corrected chi connectivity index (χ1v) is 11.2. The van der Waals surface area contributed by atoms with Gasteiger partial charge in [0.05, 0.1) is 11.1 Å². The number of rotatable bonds is 4. The molecule has 3 heterocycles. The molecule has 0 saturated carbocycles. The van der Waals surface area contributed by atoms with Crippen LogP contribution in [0.1, 0.15) is 23.3 Å². The van der Waals surface area contributed by atoms with Gasteiger partial charge >= 0.3 is 0 Å². The molecule has 3 aromatic rings. The third-order valence-electron chi connectivity index (χ3n) is 5.14. The molecule has 0 fully saturated rings. The number of thioether (sulfide) groups is 1. The molecule has 1 N–H and O–H groups in total. The summed E-state index contributed by atoms with van der Waals surface area (Å²) in [5.41, 5.74) is 1.80. The number of anilines is 1. The van der Waals surface area contributed by atoms with E-state index in [0.29, 0.717) is 22.3 Å². The van der Waals surface area contributed by atoms with Gasteiger partial charge in [-0.05, 0) is 43.4 Å². The molecule has 2 aliphatic rings. The molecule has 0 atom stereocenters. The molecule has 1 amide bonds. The number of benzene rings is 1. The molecule has 1 aliphatic heterocycles. The maximum atomic E-state index is 12.9. The van der Waals surface area contributed by atoms with E-state index in [2.05, 4.69) is 5.32 Å². The summed E-state index contributed by atoms with van der Waals surface area (Å²) >= 11 is 2.89. The molecule has 0 radical (unpaired) electrons. The van der Waals surface area contributed by atoms with Crippen LogP contribution in [-0.4, -0.2) is 28.0 Å². The third kappa shape index (κ3) is 3.38. The van der Waals surface area contributed by atoms with Crippen molar-refractivity contribution in [1.29, 1.82) is 0 Å². The third-order valence-corrected chi connectivity index (χ3v) is 7.36. The van der Waals surface area contributed by atoms with Crippen LogP contribution >= 0.6 is 23.1 Å². The van der Waals surface area contributed by atoms with Gasteiger partial charge in [-0.3, -0.25) is 14.2 Å². The van der Waals surface area contributed by atoms with Gasteiger partial charge in [0.15, 0.2) is 16.7 Å². The quantitative estimate of drug-likeness (QED) is 0.506. The molecular formula is C20H19N3O4S2. The van der Waals surface area contributed by atoms with Crippen molar-refractivity contribution in [3.05, 3.63) is 39.0 Å². The van der Waals surface area contributed by atoms with Crippen molar-refractivity contribution in [2.75, 3.05) is 17.9 Å². The highest BCUT2D eigenvalue weighted by Crippen LogP contribution is 2.35. The van der Waals surface area contributed by atoms with Crippen LogP contribution < -0.4 is 20.3 Å². The van der Waals surface area contributed by atoms with E-state index < -0.39 is 0 Å². The zero-order valence-corrected chi connectivity index (χ0v) is 17.5. The summed E-state index contributed by atoms with van der Waals surface area (Å²) < 4.78 is 12.2. The van der Waals surface area contributed by atoms with Crippen molar-refractivity contribution >= 4 is 44.9 Å². The van der Waals surface area contributed by atoms with E-state index in [0.717, 1.165) is 29.5 Å². The number of ether oxygens (including phenoxy) is 2. The normalized spacial score (nSPS) is 14.8. The minimum Gasteiger partial charge on any atom is -0.454 e. The van der Waals surface area contributed by atoms with Crippen molar-refractivity contribution in [1.82, 2.24) is 9.55 Å². The number of carbonyl (C=O) groups excluding carboxylic acids is 1. The van der Waals surface area contributed by atoms with Gasteiger partial charge in [-0.25, -0.2) is 4.98 Å². The van der Waals surface area contributed by atoms with Crippen LogP contribution in [0.3, 0.4) is 0 Å². The number of hydrogen-bond donors (Lipinski definition) is 1. The molecular weight excluding hydrogens is 410 g/mol. The van der Waals surface area contributed by atoms with Crippen molar-refractivity contribution in [2.24, 2.45) is 7.05 Å². The molecule has 0 spiro atoms. The number of nitrogens with one attached hydrogen (secondary N) is 1. The molecule has 2 aromatic heterocycles. The van der Waals surface area contributed by atoms with Crippen LogP contribution in [0.25, 0.3) is 10.2 Å². The summed E-state index contributed by atoms with van der Waals surface area (Å²) in [6.07, 6.45) is 4.27. The summed E-state index contributed by atoms with van der Waals surface area (Å²) in [4.78, 5) is 32.1. The number of nitrogens with zero attached hydrogens (tertiary/aromatic N) is 2. The van der Waals surface area contributed by atoms with Crippen molar-refractivity contribution < 1.29 is 14.3 Å². The van der Waals surface area contributed by atoms with Gasteiger partial charge in [0.1, 0.15) is 4.83 Å². The highest BCUT2D eigenvalue weighted by molar-refractivity contribution is 7.99. The molecule has 5 rings (SSSR count). The van der Waals surface area contributed by atoms with Crippen LogP contribution in [0.15, 0.2) is 28.2 Å². The topological polar surface area (TPSA) is 82.5 Å². The van der Waals surface area contributed by atoms with E-state index in [1.165, 1.54) is 28.6 Å². The Morgan fingerprint density at radius 1 is 1.28 bits per heavy atom. The SMILES string of the molecule is Cn1c(SCC(=O)Nc2ccc3c(c2)OCO3)nc2sc3c(c2c1=O)CCCC3. The average Bonchev–Trinajstić information content (AvgIpc) is 3.33. The fraction of sp³-hybridized carbons (Fsp3) is 0.350. The first-order valence-electron chi connectivity index (χ1n) is 9.44. The lowest BCUT2D eigenvalue weighted by molar-refractivity contribution is -0.113. The number of thiophene rings is 1. The van der Waals surface area contributed by atoms with E-state index in [-0.39, 0.29) is 24.0 Å². The highest BCUT2D eigenvalue weighted by Gasteiger charge is 2.21. The Morgan fingerprint density at radius 2 is 2.10 bits per heavy atom. The Hall–Kier alpha value is -2.52. The second kappa shape index (κ2) is 7.38. The minimum atomic E-state index is -0.173. The van der Waals surface area contributed by atoms with Crippen molar-refractivity contribution in [3.8, 4) is 11.5 Å². The minimum absolute atomic E-state index is 0.0203. The molecule has 7 nitrogen and oxygen atoms in total. The Bertz CT molecular complexity index is 1180. The smallest absolute Gasteiger partial charge is 0.262 e. The summed E-state index contributed by atoms with van der Waals surface area (Å²) in [5, 5.41) is 4.17. The first-order chi connectivity index (χ1) is 14.1. The van der Waals surface area contributed by atoms with Gasteiger partial charge in [0.25, 0.3) is 5.56 Å². The zero-order valence-electron chi connectivity index (χ0n) is 15.8. The Kier molecular flexibility index (Phi) is 4.71. The standard InChI is InChI=1S/C20H19N3O4S2/c1-23-19(25)17-12-4-2-3-5-15(12)29-18(17)22-20(23)28-9-16(24)21-11-6-7-13-14(8-11)27-10-26-13/h6-8H,2-5,9-10H2,1H3,(H,21,24). The van der Waals surface area contributed by atoms with Gasteiger partial charge < -0.3 is 14.8 Å². The Morgan fingerprint density at radius 3 is 3.00 bits per heavy atom. The van der Waals surface area contributed by atoms with E-state index in [1.807, 2.05) is 0 Å². The largest absolute Gasteiger partial charge is 0.454 e. The fourth-order valence-corrected chi connectivity index (χ4v) is 5.77. The molecule has 0 unspecified atom stereocenters. The first kappa shape index (κ1) is 18.5. The molecule has 0 bridgehead atoms. The predicted molar refractivity (Wildman–Crippen MR) is 113 cm³/mol. The second-order valence-corrected chi connectivity index (χ2v) is 9.08. The van der Waals surface area contributed by atoms with Crippen molar-refractivity contribution in [3.63, 3.8) is 0 Å². The lowest BCUT2D eigenvalue weighted by Crippen LogP contribution is -2.22. The number of aromatic nitrogens is 2. The maximum absolute atomic E-state index is 12.9. The summed E-state index contributed by atoms with van der Waals surface area (Å²) in [6, 6.07) is 5.27. The van der Waals surface area contributed by atoms with Crippen LogP contribution in [-0.2, 0) is 24.7 Å². The number of hydrogen-bond acceptors (Lipinski definition) is 7. The number of carbonyl (C=O) groups is 1. The fourth-order valence-electron chi connectivity index (χ4n) is 3.70. The highest BCUT2D eigenvalue weighted by atomic mass is 32.2. The Labute approximate surface area is 175 Å². The summed E-state index contributed by atoms with van der Waals surface area (Å²) in [7, 11) is 1.72. The van der Waals surface area contributed by atoms with Crippen LogP contribution in [0.4, 0.5) is 5.69 Å². The van der Waals surface area contributed by atoms with Gasteiger partial charge in [0, 0.05) is 23.7 Å². The maximum Gasteiger partial charge on any atom is 0.262 e. The molecule has 150 valence electrons. The lowest BCUT2D eigenvalue weighted by Gasteiger charge is -2.11. The van der Waals surface area contributed by atoms with Gasteiger partial charge in [-0.1, -0.05) is 11.8 Å². The molecule has 9 heteroatoms. The Balaban J connectivity index is 1.33. The molecule has 1 aromatic carbocycles. The van der Waals surface area contributed by atoms with E-state index in [4.69, 9.17) is 14.5 Å². The van der Waals surface area contributed by atoms with Crippen LogP contribution in [0.2, 0.25) is 0 Å². The zero-order chi connectivity index (χ0) is 20.0. The van der Waals surface area contributed by atoms with Crippen molar-refractivity contribution in [2.45, 2.75) is 30.8 Å². The second-order valence-electron chi connectivity index (χ2n) is 7.05. The monoisotopic (exact) mass is 429 g/mol. The lowest BCUT2D eigenvalue weighted by atomic mass is 9.97. The van der Waals surface area contributed by atoms with E-state index in [9.17, 15) is 9.59 Å². The van der Waals surface area contributed by atoms with E-state index >= 15 is 0 Å². The number of aryl methyl sites for hydroxylation is 2. The predicted octanol–water partition coefficient (Wildman–Crippen LogP) is 3.33. The molecule has 29 heavy (non-hydrogen) atoms. The van der Waals surface area contributed by atoms with Gasteiger partial charge in [-0.15, -0.1) is 11.3 Å². The molecule has 1 aliphatic carbocycles. The number of amides is 1. The average molecular weight is 430 g/mol.